The molecule has 1 aromatic rings. The van der Waals surface area contributed by atoms with Crippen molar-refractivity contribution in [3.05, 3.63) is 30.1 Å². The van der Waals surface area contributed by atoms with Crippen LogP contribution in [-0.2, 0) is 19.3 Å². The van der Waals surface area contributed by atoms with Crippen molar-refractivity contribution in [3.63, 3.8) is 0 Å². The van der Waals surface area contributed by atoms with Crippen molar-refractivity contribution < 1.29 is 27.1 Å². The maximum Gasteiger partial charge on any atom is 0.410 e. The molecule has 8 heteroatoms. The van der Waals surface area contributed by atoms with Crippen molar-refractivity contribution in [1.82, 2.24) is 4.90 Å². The van der Waals surface area contributed by atoms with Gasteiger partial charge in [0.15, 0.2) is 9.84 Å². The molecule has 0 saturated carbocycles. The van der Waals surface area contributed by atoms with Gasteiger partial charge in [0.25, 0.3) is 0 Å². The van der Waals surface area contributed by atoms with Crippen LogP contribution in [0, 0.1) is 5.82 Å². The van der Waals surface area contributed by atoms with Crippen LogP contribution >= 0.6 is 0 Å². The van der Waals surface area contributed by atoms with Crippen LogP contribution in [-0.4, -0.2) is 56.6 Å². The second kappa shape index (κ2) is 7.06. The summed E-state index contributed by atoms with van der Waals surface area (Å²) in [5, 5.41) is -0.932. The summed E-state index contributed by atoms with van der Waals surface area (Å²) >= 11 is 0. The van der Waals surface area contributed by atoms with Gasteiger partial charge in [-0.2, -0.15) is 0 Å². The first-order chi connectivity index (χ1) is 11.1. The van der Waals surface area contributed by atoms with Gasteiger partial charge in [-0.15, -0.1) is 0 Å². The Balaban J connectivity index is 2.20. The van der Waals surface area contributed by atoms with Gasteiger partial charge in [0.05, 0.1) is 18.1 Å². The largest absolute Gasteiger partial charge is 0.444 e. The number of hydrogen-bond acceptors (Lipinski definition) is 5. The SMILES string of the molecule is CC(C)(C)OC(=O)N1CCOC[C@@H](S(=O)(=O)c2ccc(F)cc2)C1. The van der Waals surface area contributed by atoms with Gasteiger partial charge in [0.1, 0.15) is 16.7 Å². The van der Waals surface area contributed by atoms with Gasteiger partial charge in [0.2, 0.25) is 0 Å². The predicted molar refractivity (Wildman–Crippen MR) is 86.0 cm³/mol. The minimum atomic E-state index is -3.75. The van der Waals surface area contributed by atoms with E-state index in [1.807, 2.05) is 0 Å². The molecule has 0 aliphatic carbocycles. The third kappa shape index (κ3) is 4.67. The molecular formula is C16H22FNO5S. The fourth-order valence-corrected chi connectivity index (χ4v) is 3.83. The highest BCUT2D eigenvalue weighted by molar-refractivity contribution is 7.92. The minimum Gasteiger partial charge on any atom is -0.444 e. The molecule has 134 valence electrons. The smallest absolute Gasteiger partial charge is 0.410 e. The van der Waals surface area contributed by atoms with E-state index >= 15 is 0 Å². The molecule has 1 aromatic carbocycles. The molecule has 0 spiro atoms. The van der Waals surface area contributed by atoms with E-state index in [4.69, 9.17) is 9.47 Å². The molecule has 1 heterocycles. The first-order valence-corrected chi connectivity index (χ1v) is 9.19. The van der Waals surface area contributed by atoms with E-state index in [9.17, 15) is 17.6 Å². The molecule has 1 saturated heterocycles. The number of benzene rings is 1. The van der Waals surface area contributed by atoms with Crippen LogP contribution in [0.5, 0.6) is 0 Å². The number of rotatable bonds is 2. The van der Waals surface area contributed by atoms with Gasteiger partial charge in [-0.1, -0.05) is 0 Å². The average molecular weight is 359 g/mol. The highest BCUT2D eigenvalue weighted by atomic mass is 32.2. The monoisotopic (exact) mass is 359 g/mol. The van der Waals surface area contributed by atoms with E-state index in [-0.39, 0.29) is 31.2 Å². The van der Waals surface area contributed by atoms with Crippen LogP contribution in [0.1, 0.15) is 20.8 Å². The maximum absolute atomic E-state index is 13.0. The van der Waals surface area contributed by atoms with Crippen molar-refractivity contribution in [2.24, 2.45) is 0 Å². The zero-order valence-corrected chi connectivity index (χ0v) is 14.8. The maximum atomic E-state index is 13.0. The van der Waals surface area contributed by atoms with E-state index in [2.05, 4.69) is 0 Å². The highest BCUT2D eigenvalue weighted by Crippen LogP contribution is 2.20. The lowest BCUT2D eigenvalue weighted by molar-refractivity contribution is 0.0244. The number of carbonyl (C=O) groups is 1. The Labute approximate surface area is 141 Å². The van der Waals surface area contributed by atoms with Gasteiger partial charge < -0.3 is 14.4 Å². The van der Waals surface area contributed by atoms with E-state index in [1.54, 1.807) is 20.8 Å². The Kier molecular flexibility index (Phi) is 5.49. The Morgan fingerprint density at radius 2 is 1.92 bits per heavy atom. The number of nitrogens with zero attached hydrogens (tertiary/aromatic N) is 1. The van der Waals surface area contributed by atoms with Gasteiger partial charge in [-0.3, -0.25) is 0 Å². The fourth-order valence-electron chi connectivity index (χ4n) is 2.28. The van der Waals surface area contributed by atoms with Crippen molar-refractivity contribution in [3.8, 4) is 0 Å². The fraction of sp³-hybridized carbons (Fsp3) is 0.562. The topological polar surface area (TPSA) is 72.9 Å². The van der Waals surface area contributed by atoms with Gasteiger partial charge in [-0.05, 0) is 45.0 Å². The van der Waals surface area contributed by atoms with Gasteiger partial charge in [-0.25, -0.2) is 17.6 Å². The molecule has 1 aliphatic rings. The predicted octanol–water partition coefficient (Wildman–Crippen LogP) is 2.24. The molecule has 0 radical (unpaired) electrons. The van der Waals surface area contributed by atoms with Crippen molar-refractivity contribution >= 4 is 15.9 Å². The van der Waals surface area contributed by atoms with Crippen molar-refractivity contribution in [2.45, 2.75) is 36.5 Å². The lowest BCUT2D eigenvalue weighted by Crippen LogP contribution is -2.43. The first kappa shape index (κ1) is 18.7. The number of amides is 1. The Morgan fingerprint density at radius 1 is 1.29 bits per heavy atom. The summed E-state index contributed by atoms with van der Waals surface area (Å²) in [5.41, 5.74) is -0.671. The number of ether oxygens (including phenoxy) is 2. The normalized spacial score (nSPS) is 19.7. The third-order valence-electron chi connectivity index (χ3n) is 3.47. The summed E-state index contributed by atoms with van der Waals surface area (Å²) in [7, 11) is -3.75. The average Bonchev–Trinajstić information content (AvgIpc) is 2.72. The Hall–Kier alpha value is -1.67. The molecule has 1 aliphatic heterocycles. The summed E-state index contributed by atoms with van der Waals surface area (Å²) in [6.07, 6.45) is -0.577. The molecule has 0 unspecified atom stereocenters. The number of hydrogen-bond donors (Lipinski definition) is 0. The van der Waals surface area contributed by atoms with Gasteiger partial charge in [0, 0.05) is 13.1 Å². The highest BCUT2D eigenvalue weighted by Gasteiger charge is 2.34. The molecule has 2 rings (SSSR count). The third-order valence-corrected chi connectivity index (χ3v) is 5.56. The van der Waals surface area contributed by atoms with Crippen LogP contribution in [0.25, 0.3) is 0 Å². The van der Waals surface area contributed by atoms with E-state index in [1.165, 1.54) is 17.0 Å². The summed E-state index contributed by atoms with van der Waals surface area (Å²) in [4.78, 5) is 13.6. The van der Waals surface area contributed by atoms with Crippen molar-refractivity contribution in [2.75, 3.05) is 26.3 Å². The first-order valence-electron chi connectivity index (χ1n) is 7.65. The lowest BCUT2D eigenvalue weighted by atomic mass is 10.2. The standard InChI is InChI=1S/C16H22FNO5S/c1-16(2,3)23-15(19)18-8-9-22-11-14(10-18)24(20,21)13-6-4-12(17)5-7-13/h4-7,14H,8-11H2,1-3H3/t14-/m0/s1. The number of halogens is 1. The molecule has 24 heavy (non-hydrogen) atoms. The molecule has 0 bridgehead atoms. The summed E-state index contributed by atoms with van der Waals surface area (Å²) < 4.78 is 49.1. The molecule has 0 aromatic heterocycles. The Bertz CT molecular complexity index is 681. The van der Waals surface area contributed by atoms with Crippen LogP contribution in [0.4, 0.5) is 9.18 Å². The molecule has 6 nitrogen and oxygen atoms in total. The van der Waals surface area contributed by atoms with Crippen molar-refractivity contribution in [1.29, 1.82) is 0 Å². The van der Waals surface area contributed by atoms with E-state index in [0.717, 1.165) is 12.1 Å². The quantitative estimate of drug-likeness (QED) is 0.757. The van der Waals surface area contributed by atoms with E-state index in [0.29, 0.717) is 0 Å². The molecular weight excluding hydrogens is 337 g/mol. The molecule has 1 fully saturated rings. The number of carbonyl (C=O) groups excluding carboxylic acids is 1. The minimum absolute atomic E-state index is 0.00328. The summed E-state index contributed by atoms with van der Waals surface area (Å²) in [6, 6.07) is 4.62. The van der Waals surface area contributed by atoms with E-state index < -0.39 is 32.6 Å². The molecule has 0 N–H and O–H groups in total. The zero-order chi connectivity index (χ0) is 18.0. The zero-order valence-electron chi connectivity index (χ0n) is 14.0. The lowest BCUT2D eigenvalue weighted by Gasteiger charge is -2.27. The molecule has 1 amide bonds. The Morgan fingerprint density at radius 3 is 2.50 bits per heavy atom. The van der Waals surface area contributed by atoms with Crippen LogP contribution in [0.2, 0.25) is 0 Å². The molecule has 1 atom stereocenters. The van der Waals surface area contributed by atoms with Crippen LogP contribution in [0.3, 0.4) is 0 Å². The van der Waals surface area contributed by atoms with Crippen LogP contribution < -0.4 is 0 Å². The van der Waals surface area contributed by atoms with Gasteiger partial charge >= 0.3 is 6.09 Å². The second-order valence-corrected chi connectivity index (χ2v) is 8.85. The summed E-state index contributed by atoms with van der Waals surface area (Å²) in [5.74, 6) is -0.513. The van der Waals surface area contributed by atoms with Crippen LogP contribution in [0.15, 0.2) is 29.2 Å². The second-order valence-electron chi connectivity index (χ2n) is 6.62. The number of sulfone groups is 1. The summed E-state index contributed by atoms with van der Waals surface area (Å²) in [6.45, 7) is 5.65.